The van der Waals surface area contributed by atoms with Gasteiger partial charge in [0, 0.05) is 0 Å². The van der Waals surface area contributed by atoms with Crippen molar-refractivity contribution in [1.82, 2.24) is 10.2 Å². The molecule has 2 rings (SSSR count). The van der Waals surface area contributed by atoms with Crippen molar-refractivity contribution in [3.63, 3.8) is 0 Å². The molecule has 0 bridgehead atoms. The second kappa shape index (κ2) is 4.05. The third kappa shape index (κ3) is 2.11. The molecule has 0 atom stereocenters. The molecule has 0 fully saturated rings. The van der Waals surface area contributed by atoms with Crippen LogP contribution in [0.15, 0.2) is 16.6 Å². The first-order valence-electron chi connectivity index (χ1n) is 3.96. The number of rotatable bonds is 1. The monoisotopic (exact) mass is 330 g/mol. The highest BCUT2D eigenvalue weighted by Gasteiger charge is 2.36. The summed E-state index contributed by atoms with van der Waals surface area (Å²) >= 11 is 9.75. The van der Waals surface area contributed by atoms with Crippen LogP contribution in [0.3, 0.4) is 0 Å². The van der Waals surface area contributed by atoms with Crippen molar-refractivity contribution >= 4 is 38.9 Å². The molecular formula is C8H3BrClF3N2S. The lowest BCUT2D eigenvalue weighted by Gasteiger charge is -2.02. The van der Waals surface area contributed by atoms with Crippen LogP contribution in [-0.2, 0) is 6.18 Å². The Labute approximate surface area is 106 Å². The van der Waals surface area contributed by atoms with E-state index >= 15 is 0 Å². The zero-order valence-electron chi connectivity index (χ0n) is 7.40. The van der Waals surface area contributed by atoms with Gasteiger partial charge in [-0.05, 0) is 28.1 Å². The molecule has 0 aliphatic heterocycles. The molecule has 0 aliphatic rings. The predicted molar refractivity (Wildman–Crippen MR) is 59.6 cm³/mol. The maximum Gasteiger partial charge on any atom is 0.433 e. The molecule has 0 saturated heterocycles. The maximum absolute atomic E-state index is 12.5. The van der Waals surface area contributed by atoms with Crippen LogP contribution < -0.4 is 0 Å². The van der Waals surface area contributed by atoms with Gasteiger partial charge in [0.25, 0.3) is 0 Å². The Balaban J connectivity index is 2.49. The molecule has 0 aromatic carbocycles. The molecule has 0 spiro atoms. The topological polar surface area (TPSA) is 28.7 Å². The third-order valence-electron chi connectivity index (χ3n) is 1.80. The second-order valence-electron chi connectivity index (χ2n) is 2.86. The number of H-pyrrole nitrogens is 1. The third-order valence-corrected chi connectivity index (χ3v) is 3.81. The molecule has 16 heavy (non-hydrogen) atoms. The first-order valence-corrected chi connectivity index (χ1v) is 5.95. The Kier molecular flexibility index (Phi) is 3.02. The van der Waals surface area contributed by atoms with Crippen molar-refractivity contribution in [2.24, 2.45) is 0 Å². The molecule has 2 aromatic heterocycles. The number of thiophene rings is 1. The highest BCUT2D eigenvalue weighted by atomic mass is 79.9. The average molecular weight is 332 g/mol. The van der Waals surface area contributed by atoms with Gasteiger partial charge in [0.2, 0.25) is 0 Å². The van der Waals surface area contributed by atoms with Crippen LogP contribution in [0.5, 0.6) is 0 Å². The maximum atomic E-state index is 12.5. The van der Waals surface area contributed by atoms with E-state index in [1.807, 2.05) is 5.10 Å². The standard InChI is InChI=1S/C8H3BrClF3N2S/c9-5-6(3-1-2-4(10)16-3)14-15-7(5)8(11,12)13/h1-2H,(H,14,15). The van der Waals surface area contributed by atoms with Gasteiger partial charge < -0.3 is 0 Å². The summed E-state index contributed by atoms with van der Waals surface area (Å²) in [5, 5.41) is 5.59. The number of aromatic nitrogens is 2. The molecular weight excluding hydrogens is 329 g/mol. The van der Waals surface area contributed by atoms with Gasteiger partial charge in [-0.2, -0.15) is 18.3 Å². The normalized spacial score (nSPS) is 12.1. The Bertz CT molecular complexity index is 520. The lowest BCUT2D eigenvalue weighted by Crippen LogP contribution is -2.06. The van der Waals surface area contributed by atoms with Crippen molar-refractivity contribution in [2.45, 2.75) is 6.18 Å². The van der Waals surface area contributed by atoms with Crippen LogP contribution in [0.4, 0.5) is 13.2 Å². The van der Waals surface area contributed by atoms with E-state index in [9.17, 15) is 13.2 Å². The highest BCUT2D eigenvalue weighted by molar-refractivity contribution is 9.10. The lowest BCUT2D eigenvalue weighted by atomic mass is 10.3. The number of nitrogens with zero attached hydrogens (tertiary/aromatic N) is 1. The van der Waals surface area contributed by atoms with Gasteiger partial charge in [0.1, 0.15) is 5.69 Å². The van der Waals surface area contributed by atoms with Crippen LogP contribution in [-0.4, -0.2) is 10.2 Å². The number of nitrogens with one attached hydrogen (secondary N) is 1. The summed E-state index contributed by atoms with van der Waals surface area (Å²) in [6.45, 7) is 0. The van der Waals surface area contributed by atoms with E-state index in [1.165, 1.54) is 0 Å². The van der Waals surface area contributed by atoms with Gasteiger partial charge in [-0.25, -0.2) is 0 Å². The summed E-state index contributed by atoms with van der Waals surface area (Å²) in [6, 6.07) is 3.23. The summed E-state index contributed by atoms with van der Waals surface area (Å²) in [5.41, 5.74) is -0.684. The van der Waals surface area contributed by atoms with Crippen molar-refractivity contribution in [2.75, 3.05) is 0 Å². The van der Waals surface area contributed by atoms with E-state index in [0.717, 1.165) is 11.3 Å². The molecule has 8 heteroatoms. The summed E-state index contributed by atoms with van der Waals surface area (Å²) in [6.07, 6.45) is -4.45. The van der Waals surface area contributed by atoms with Gasteiger partial charge in [-0.1, -0.05) is 11.6 Å². The minimum Gasteiger partial charge on any atom is -0.272 e. The van der Waals surface area contributed by atoms with Gasteiger partial charge >= 0.3 is 6.18 Å². The lowest BCUT2D eigenvalue weighted by molar-refractivity contribution is -0.141. The fraction of sp³-hybridized carbons (Fsp3) is 0.125. The average Bonchev–Trinajstić information content (AvgIpc) is 2.70. The van der Waals surface area contributed by atoms with Crippen LogP contribution in [0.2, 0.25) is 4.34 Å². The summed E-state index contributed by atoms with van der Waals surface area (Å²) < 4.78 is 37.8. The number of hydrogen-bond acceptors (Lipinski definition) is 2. The largest absolute Gasteiger partial charge is 0.433 e. The minimum atomic E-state index is -4.45. The number of aromatic amines is 1. The van der Waals surface area contributed by atoms with Crippen LogP contribution in [0.1, 0.15) is 5.69 Å². The molecule has 2 heterocycles. The Morgan fingerprint density at radius 3 is 2.50 bits per heavy atom. The first-order chi connectivity index (χ1) is 7.39. The molecule has 1 N–H and O–H groups in total. The van der Waals surface area contributed by atoms with Gasteiger partial charge in [0.15, 0.2) is 5.69 Å². The highest BCUT2D eigenvalue weighted by Crippen LogP contribution is 2.40. The van der Waals surface area contributed by atoms with E-state index in [1.54, 1.807) is 12.1 Å². The van der Waals surface area contributed by atoms with Crippen molar-refractivity contribution in [3.05, 3.63) is 26.6 Å². The minimum absolute atomic E-state index is 0.0986. The fourth-order valence-electron chi connectivity index (χ4n) is 1.12. The second-order valence-corrected chi connectivity index (χ2v) is 5.37. The van der Waals surface area contributed by atoms with Gasteiger partial charge in [-0.3, -0.25) is 5.10 Å². The van der Waals surface area contributed by atoms with E-state index < -0.39 is 11.9 Å². The van der Waals surface area contributed by atoms with E-state index in [2.05, 4.69) is 21.0 Å². The molecule has 86 valence electrons. The number of hydrogen-bond donors (Lipinski definition) is 1. The van der Waals surface area contributed by atoms with E-state index in [4.69, 9.17) is 11.6 Å². The molecule has 2 aromatic rings. The fourth-order valence-corrected chi connectivity index (χ4v) is 2.91. The smallest absolute Gasteiger partial charge is 0.272 e. The summed E-state index contributed by atoms with van der Waals surface area (Å²) in [4.78, 5) is 0.573. The quantitative estimate of drug-likeness (QED) is 0.814. The molecule has 0 aliphatic carbocycles. The van der Waals surface area contributed by atoms with Crippen LogP contribution in [0, 0.1) is 0 Å². The molecule has 0 radical (unpaired) electrons. The molecule has 0 unspecified atom stereocenters. The van der Waals surface area contributed by atoms with Crippen molar-refractivity contribution in [1.29, 1.82) is 0 Å². The number of halogens is 5. The summed E-state index contributed by atoms with van der Waals surface area (Å²) in [5.74, 6) is 0. The zero-order chi connectivity index (χ0) is 11.9. The number of alkyl halides is 3. The van der Waals surface area contributed by atoms with Crippen LogP contribution >= 0.6 is 38.9 Å². The summed E-state index contributed by atoms with van der Waals surface area (Å²) in [7, 11) is 0. The first kappa shape index (κ1) is 11.9. The molecule has 0 saturated carbocycles. The van der Waals surface area contributed by atoms with Crippen molar-refractivity contribution < 1.29 is 13.2 Å². The van der Waals surface area contributed by atoms with E-state index in [-0.39, 0.29) is 10.2 Å². The van der Waals surface area contributed by atoms with E-state index in [0.29, 0.717) is 9.21 Å². The Hall–Kier alpha value is -0.530. The molecule has 0 amide bonds. The molecule has 2 nitrogen and oxygen atoms in total. The zero-order valence-corrected chi connectivity index (χ0v) is 10.6. The van der Waals surface area contributed by atoms with Gasteiger partial charge in [0.05, 0.1) is 13.7 Å². The van der Waals surface area contributed by atoms with Gasteiger partial charge in [-0.15, -0.1) is 11.3 Å². The Morgan fingerprint density at radius 2 is 2.06 bits per heavy atom. The van der Waals surface area contributed by atoms with Crippen LogP contribution in [0.25, 0.3) is 10.6 Å². The SMILES string of the molecule is FC(F)(F)c1[nH]nc(-c2ccc(Cl)s2)c1Br. The predicted octanol–water partition coefficient (Wildman–Crippen LogP) is 4.57. The Morgan fingerprint density at radius 1 is 1.38 bits per heavy atom. The van der Waals surface area contributed by atoms with Crippen molar-refractivity contribution in [3.8, 4) is 10.6 Å².